The van der Waals surface area contributed by atoms with Crippen LogP contribution in [-0.4, -0.2) is 43.7 Å². The third kappa shape index (κ3) is 3.73. The van der Waals surface area contributed by atoms with Crippen molar-refractivity contribution in [3.05, 3.63) is 11.8 Å². The Kier molecular flexibility index (Phi) is 6.87. The highest BCUT2D eigenvalue weighted by Gasteiger charge is 2.39. The molecule has 0 aliphatic carbocycles. The fourth-order valence-corrected chi connectivity index (χ4v) is 3.30. The fraction of sp³-hybridized carbons (Fsp3) is 0.875. The number of ether oxygens (including phenoxy) is 1. The van der Waals surface area contributed by atoms with E-state index < -0.39 is 0 Å². The maximum absolute atomic E-state index is 5.59. The summed E-state index contributed by atoms with van der Waals surface area (Å²) in [6, 6.07) is 0.401. The summed E-state index contributed by atoms with van der Waals surface area (Å²) in [7, 11) is 4.41. The van der Waals surface area contributed by atoms with Crippen molar-refractivity contribution in [3.63, 3.8) is 0 Å². The molecular weight excluding hydrogens is 236 g/mol. The first kappa shape index (κ1) is 16.5. The summed E-state index contributed by atoms with van der Waals surface area (Å²) in [5.41, 5.74) is 1.62. The minimum atomic E-state index is 0.182. The molecule has 1 aliphatic rings. The van der Waals surface area contributed by atoms with Gasteiger partial charge in [0.2, 0.25) is 0 Å². The summed E-state index contributed by atoms with van der Waals surface area (Å²) in [4.78, 5) is 2.40. The van der Waals surface area contributed by atoms with Crippen LogP contribution in [0, 0.1) is 0 Å². The van der Waals surface area contributed by atoms with Crippen LogP contribution in [0.5, 0.6) is 0 Å². The summed E-state index contributed by atoms with van der Waals surface area (Å²) in [6.45, 7) is 8.77. The van der Waals surface area contributed by atoms with E-state index in [1.54, 1.807) is 0 Å². The first-order chi connectivity index (χ1) is 9.12. The van der Waals surface area contributed by atoms with E-state index in [1.165, 1.54) is 12.0 Å². The van der Waals surface area contributed by atoms with Gasteiger partial charge in [-0.15, -0.1) is 0 Å². The van der Waals surface area contributed by atoms with Gasteiger partial charge in [-0.3, -0.25) is 0 Å². The molecule has 0 fully saturated rings. The van der Waals surface area contributed by atoms with Gasteiger partial charge in [-0.05, 0) is 58.3 Å². The standard InChI is InChI=1S/C16H32N2O/c1-6-11-17-15(14-10-9-12-19-13-14)16(7-2,8-3)18(4)5/h13,15,17H,6-12H2,1-5H3. The largest absolute Gasteiger partial charge is 0.501 e. The Hall–Kier alpha value is -0.540. The number of nitrogens with zero attached hydrogens (tertiary/aromatic N) is 1. The Labute approximate surface area is 119 Å². The zero-order valence-electron chi connectivity index (χ0n) is 13.5. The van der Waals surface area contributed by atoms with Gasteiger partial charge in [0.15, 0.2) is 0 Å². The molecular formula is C16H32N2O. The molecule has 1 heterocycles. The van der Waals surface area contributed by atoms with Crippen molar-refractivity contribution in [1.82, 2.24) is 10.2 Å². The van der Waals surface area contributed by atoms with Crippen molar-refractivity contribution in [3.8, 4) is 0 Å². The Morgan fingerprint density at radius 2 is 2.00 bits per heavy atom. The number of rotatable bonds is 8. The van der Waals surface area contributed by atoms with Crippen molar-refractivity contribution in [2.75, 3.05) is 27.2 Å². The van der Waals surface area contributed by atoms with Crippen molar-refractivity contribution in [1.29, 1.82) is 0 Å². The minimum absolute atomic E-state index is 0.182. The fourth-order valence-electron chi connectivity index (χ4n) is 3.30. The zero-order chi connectivity index (χ0) is 14.3. The van der Waals surface area contributed by atoms with Crippen molar-refractivity contribution >= 4 is 0 Å². The second-order valence-corrected chi connectivity index (χ2v) is 5.76. The monoisotopic (exact) mass is 268 g/mol. The summed E-state index contributed by atoms with van der Waals surface area (Å²) >= 11 is 0. The summed E-state index contributed by atoms with van der Waals surface area (Å²) in [6.07, 6.45) is 7.79. The molecule has 1 atom stereocenters. The molecule has 3 nitrogen and oxygen atoms in total. The molecule has 0 aromatic heterocycles. The quantitative estimate of drug-likeness (QED) is 0.732. The van der Waals surface area contributed by atoms with E-state index in [0.717, 1.165) is 38.8 Å². The van der Waals surface area contributed by atoms with Gasteiger partial charge in [0.05, 0.1) is 12.9 Å². The molecule has 1 N–H and O–H groups in total. The van der Waals surface area contributed by atoms with E-state index in [2.05, 4.69) is 45.1 Å². The second-order valence-electron chi connectivity index (χ2n) is 5.76. The topological polar surface area (TPSA) is 24.5 Å². The molecule has 0 bridgehead atoms. The number of nitrogens with one attached hydrogen (secondary N) is 1. The van der Waals surface area contributed by atoms with Crippen LogP contribution in [0.15, 0.2) is 11.8 Å². The lowest BCUT2D eigenvalue weighted by Gasteiger charge is -2.47. The van der Waals surface area contributed by atoms with Gasteiger partial charge < -0.3 is 15.0 Å². The third-order valence-electron chi connectivity index (χ3n) is 4.58. The molecule has 1 aliphatic heterocycles. The highest BCUT2D eigenvalue weighted by molar-refractivity contribution is 5.19. The molecule has 0 aromatic carbocycles. The smallest absolute Gasteiger partial charge is 0.0876 e. The lowest BCUT2D eigenvalue weighted by atomic mass is 9.78. The average Bonchev–Trinajstić information content (AvgIpc) is 2.44. The van der Waals surface area contributed by atoms with E-state index in [-0.39, 0.29) is 5.54 Å². The lowest BCUT2D eigenvalue weighted by Crippen LogP contribution is -2.59. The van der Waals surface area contributed by atoms with E-state index in [9.17, 15) is 0 Å². The average molecular weight is 268 g/mol. The Morgan fingerprint density at radius 1 is 1.32 bits per heavy atom. The molecule has 19 heavy (non-hydrogen) atoms. The third-order valence-corrected chi connectivity index (χ3v) is 4.58. The van der Waals surface area contributed by atoms with E-state index in [1.807, 2.05) is 6.26 Å². The Bertz CT molecular complexity index is 282. The van der Waals surface area contributed by atoms with Crippen LogP contribution in [0.3, 0.4) is 0 Å². The van der Waals surface area contributed by atoms with Gasteiger partial charge in [-0.25, -0.2) is 0 Å². The van der Waals surface area contributed by atoms with Crippen LogP contribution in [0.4, 0.5) is 0 Å². The van der Waals surface area contributed by atoms with Gasteiger partial charge in [0, 0.05) is 11.6 Å². The van der Waals surface area contributed by atoms with Crippen LogP contribution in [0.2, 0.25) is 0 Å². The highest BCUT2D eigenvalue weighted by Crippen LogP contribution is 2.32. The molecule has 3 heteroatoms. The molecule has 0 saturated heterocycles. The van der Waals surface area contributed by atoms with Crippen LogP contribution in [0.1, 0.15) is 52.9 Å². The van der Waals surface area contributed by atoms with Gasteiger partial charge in [0.25, 0.3) is 0 Å². The molecule has 1 unspecified atom stereocenters. The predicted octanol–water partition coefficient (Wildman–Crippen LogP) is 3.17. The maximum atomic E-state index is 5.59. The lowest BCUT2D eigenvalue weighted by molar-refractivity contribution is 0.0952. The van der Waals surface area contributed by atoms with Crippen molar-refractivity contribution < 1.29 is 4.74 Å². The zero-order valence-corrected chi connectivity index (χ0v) is 13.5. The van der Waals surface area contributed by atoms with Crippen molar-refractivity contribution in [2.24, 2.45) is 0 Å². The molecule has 0 spiro atoms. The summed E-state index contributed by atoms with van der Waals surface area (Å²) < 4.78 is 5.59. The van der Waals surface area contributed by atoms with Crippen LogP contribution >= 0.6 is 0 Å². The minimum Gasteiger partial charge on any atom is -0.501 e. The van der Waals surface area contributed by atoms with Crippen molar-refractivity contribution in [2.45, 2.75) is 64.5 Å². The van der Waals surface area contributed by atoms with E-state index >= 15 is 0 Å². The van der Waals surface area contributed by atoms with Gasteiger partial charge in [0.1, 0.15) is 0 Å². The SMILES string of the molecule is CCCNC(C1=COCCC1)C(CC)(CC)N(C)C. The Morgan fingerprint density at radius 3 is 2.42 bits per heavy atom. The summed E-state index contributed by atoms with van der Waals surface area (Å²) in [5.74, 6) is 0. The number of hydrogen-bond donors (Lipinski definition) is 1. The molecule has 0 aromatic rings. The number of likely N-dealkylation sites (N-methyl/N-ethyl adjacent to an activating group) is 1. The maximum Gasteiger partial charge on any atom is 0.0876 e. The Balaban J connectivity index is 3.01. The molecule has 1 rings (SSSR count). The first-order valence-electron chi connectivity index (χ1n) is 7.83. The number of hydrogen-bond acceptors (Lipinski definition) is 3. The second kappa shape index (κ2) is 7.91. The van der Waals surface area contributed by atoms with Crippen LogP contribution in [0.25, 0.3) is 0 Å². The predicted molar refractivity (Wildman–Crippen MR) is 82.4 cm³/mol. The molecule has 0 saturated carbocycles. The van der Waals surface area contributed by atoms with Gasteiger partial charge >= 0.3 is 0 Å². The van der Waals surface area contributed by atoms with Gasteiger partial charge in [-0.1, -0.05) is 20.8 Å². The highest BCUT2D eigenvalue weighted by atomic mass is 16.5. The molecule has 112 valence electrons. The van der Waals surface area contributed by atoms with Crippen LogP contribution in [-0.2, 0) is 4.74 Å². The normalized spacial score (nSPS) is 18.1. The molecule has 0 amide bonds. The first-order valence-corrected chi connectivity index (χ1v) is 7.83. The van der Waals surface area contributed by atoms with Gasteiger partial charge in [-0.2, -0.15) is 0 Å². The van der Waals surface area contributed by atoms with E-state index in [0.29, 0.717) is 6.04 Å². The van der Waals surface area contributed by atoms with Crippen LogP contribution < -0.4 is 5.32 Å². The molecule has 0 radical (unpaired) electrons. The van der Waals surface area contributed by atoms with E-state index in [4.69, 9.17) is 4.74 Å². The summed E-state index contributed by atoms with van der Waals surface area (Å²) in [5, 5.41) is 3.77.